The fourth-order valence-electron chi connectivity index (χ4n) is 1.71. The molecule has 20 heavy (non-hydrogen) atoms. The average molecular weight is 304 g/mol. The molecule has 0 unspecified atom stereocenters. The SMILES string of the molecule is COCCN(C)C(=O)c1cc(F)cc(S(N)(=O)=O)c1C. The monoisotopic (exact) mass is 304 g/mol. The van der Waals surface area contributed by atoms with Crippen LogP contribution in [0.5, 0.6) is 0 Å². The van der Waals surface area contributed by atoms with Gasteiger partial charge >= 0.3 is 0 Å². The maximum Gasteiger partial charge on any atom is 0.254 e. The Morgan fingerprint density at radius 1 is 1.45 bits per heavy atom. The molecule has 0 radical (unpaired) electrons. The molecule has 112 valence electrons. The zero-order chi connectivity index (χ0) is 15.5. The number of sulfonamides is 1. The van der Waals surface area contributed by atoms with Crippen LogP contribution in [0.15, 0.2) is 17.0 Å². The van der Waals surface area contributed by atoms with Gasteiger partial charge in [-0.25, -0.2) is 17.9 Å². The molecule has 0 saturated carbocycles. The van der Waals surface area contributed by atoms with Gasteiger partial charge in [-0.2, -0.15) is 0 Å². The molecule has 0 aromatic heterocycles. The first-order valence-electron chi connectivity index (χ1n) is 5.75. The van der Waals surface area contributed by atoms with Crippen LogP contribution < -0.4 is 5.14 Å². The van der Waals surface area contributed by atoms with Crippen molar-refractivity contribution in [1.29, 1.82) is 0 Å². The normalized spacial score (nSPS) is 11.4. The number of methoxy groups -OCH3 is 1. The Bertz CT molecular complexity index is 616. The highest BCUT2D eigenvalue weighted by Gasteiger charge is 2.21. The first-order chi connectivity index (χ1) is 9.18. The molecule has 0 atom stereocenters. The van der Waals surface area contributed by atoms with E-state index in [9.17, 15) is 17.6 Å². The Morgan fingerprint density at radius 3 is 2.55 bits per heavy atom. The van der Waals surface area contributed by atoms with Crippen LogP contribution in [-0.2, 0) is 14.8 Å². The number of nitrogens with zero attached hydrogens (tertiary/aromatic N) is 1. The third-order valence-corrected chi connectivity index (χ3v) is 3.88. The fourth-order valence-corrected chi connectivity index (χ4v) is 2.52. The van der Waals surface area contributed by atoms with Crippen molar-refractivity contribution in [2.45, 2.75) is 11.8 Å². The van der Waals surface area contributed by atoms with Gasteiger partial charge in [-0.15, -0.1) is 0 Å². The van der Waals surface area contributed by atoms with Crippen molar-refractivity contribution in [3.63, 3.8) is 0 Å². The van der Waals surface area contributed by atoms with Gasteiger partial charge in [-0.05, 0) is 24.6 Å². The summed E-state index contributed by atoms with van der Waals surface area (Å²) in [6, 6.07) is 1.80. The molecule has 1 aromatic rings. The van der Waals surface area contributed by atoms with E-state index < -0.39 is 21.7 Å². The summed E-state index contributed by atoms with van der Waals surface area (Å²) in [7, 11) is -1.08. The van der Waals surface area contributed by atoms with E-state index >= 15 is 0 Å². The van der Waals surface area contributed by atoms with Gasteiger partial charge in [-0.1, -0.05) is 0 Å². The standard InChI is InChI=1S/C12H17FN2O4S/c1-8-10(12(16)15(2)4-5-19-3)6-9(13)7-11(8)20(14,17)18/h6-7H,4-5H2,1-3H3,(H2,14,17,18). The summed E-state index contributed by atoms with van der Waals surface area (Å²) in [5, 5.41) is 5.01. The first-order valence-corrected chi connectivity index (χ1v) is 7.30. The van der Waals surface area contributed by atoms with Gasteiger partial charge in [0.2, 0.25) is 10.0 Å². The van der Waals surface area contributed by atoms with Gasteiger partial charge in [0.15, 0.2) is 0 Å². The number of hydrogen-bond acceptors (Lipinski definition) is 4. The third kappa shape index (κ3) is 3.75. The van der Waals surface area contributed by atoms with Gasteiger partial charge < -0.3 is 9.64 Å². The lowest BCUT2D eigenvalue weighted by molar-refractivity contribution is 0.0742. The van der Waals surface area contributed by atoms with Crippen LogP contribution in [-0.4, -0.2) is 46.5 Å². The molecule has 0 aliphatic heterocycles. The summed E-state index contributed by atoms with van der Waals surface area (Å²) in [6.45, 7) is 2.03. The molecule has 0 heterocycles. The summed E-state index contributed by atoms with van der Waals surface area (Å²) in [5.74, 6) is -1.33. The van der Waals surface area contributed by atoms with E-state index in [4.69, 9.17) is 9.88 Å². The van der Waals surface area contributed by atoms with Crippen molar-refractivity contribution in [2.75, 3.05) is 27.3 Å². The largest absolute Gasteiger partial charge is 0.383 e. The number of carbonyl (C=O) groups is 1. The van der Waals surface area contributed by atoms with Crippen molar-refractivity contribution in [1.82, 2.24) is 4.90 Å². The van der Waals surface area contributed by atoms with Crippen LogP contribution in [0.3, 0.4) is 0 Å². The van der Waals surface area contributed by atoms with E-state index in [0.717, 1.165) is 12.1 Å². The van der Waals surface area contributed by atoms with Crippen LogP contribution >= 0.6 is 0 Å². The van der Waals surface area contributed by atoms with E-state index in [1.807, 2.05) is 0 Å². The number of halogens is 1. The van der Waals surface area contributed by atoms with Gasteiger partial charge in [0.1, 0.15) is 5.82 Å². The van der Waals surface area contributed by atoms with Crippen LogP contribution in [0.4, 0.5) is 4.39 Å². The van der Waals surface area contributed by atoms with Gasteiger partial charge in [-0.3, -0.25) is 4.79 Å². The number of likely N-dealkylation sites (N-methyl/N-ethyl adjacent to an activating group) is 1. The maximum absolute atomic E-state index is 13.5. The summed E-state index contributed by atoms with van der Waals surface area (Å²) >= 11 is 0. The highest BCUT2D eigenvalue weighted by Crippen LogP contribution is 2.21. The number of rotatable bonds is 5. The van der Waals surface area contributed by atoms with Crippen LogP contribution in [0.2, 0.25) is 0 Å². The molecule has 2 N–H and O–H groups in total. The van der Waals surface area contributed by atoms with Crippen LogP contribution in [0.25, 0.3) is 0 Å². The maximum atomic E-state index is 13.5. The Kier molecular flexibility index (Phi) is 5.21. The number of ether oxygens (including phenoxy) is 1. The number of primary sulfonamides is 1. The summed E-state index contributed by atoms with van der Waals surface area (Å²) in [6.07, 6.45) is 0. The topological polar surface area (TPSA) is 89.7 Å². The Balaban J connectivity index is 3.26. The minimum Gasteiger partial charge on any atom is -0.383 e. The average Bonchev–Trinajstić information content (AvgIpc) is 2.36. The van der Waals surface area contributed by atoms with E-state index in [1.165, 1.54) is 26.0 Å². The van der Waals surface area contributed by atoms with Crippen molar-refractivity contribution < 1.29 is 22.3 Å². The third-order valence-electron chi connectivity index (χ3n) is 2.84. The van der Waals surface area contributed by atoms with Crippen LogP contribution in [0.1, 0.15) is 15.9 Å². The minimum atomic E-state index is -4.09. The molecule has 0 aliphatic carbocycles. The highest BCUT2D eigenvalue weighted by molar-refractivity contribution is 7.89. The van der Waals surface area contributed by atoms with Crippen molar-refractivity contribution in [2.24, 2.45) is 5.14 Å². The van der Waals surface area contributed by atoms with Crippen molar-refractivity contribution in [3.05, 3.63) is 29.1 Å². The molecule has 0 saturated heterocycles. The molecule has 1 rings (SSSR count). The summed E-state index contributed by atoms with van der Waals surface area (Å²) < 4.78 is 41.1. The molecule has 8 heteroatoms. The first kappa shape index (κ1) is 16.5. The van der Waals surface area contributed by atoms with E-state index in [1.54, 1.807) is 0 Å². The zero-order valence-electron chi connectivity index (χ0n) is 11.5. The number of carbonyl (C=O) groups excluding carboxylic acids is 1. The summed E-state index contributed by atoms with van der Waals surface area (Å²) in [5.41, 5.74) is 0.0933. The fraction of sp³-hybridized carbons (Fsp3) is 0.417. The second kappa shape index (κ2) is 6.29. The molecule has 0 fully saturated rings. The quantitative estimate of drug-likeness (QED) is 0.857. The molecule has 1 amide bonds. The Hall–Kier alpha value is -1.51. The Labute approximate surface area is 117 Å². The van der Waals surface area contributed by atoms with E-state index in [2.05, 4.69) is 0 Å². The summed E-state index contributed by atoms with van der Waals surface area (Å²) in [4.78, 5) is 13.1. The minimum absolute atomic E-state index is 0.0346. The molecular formula is C12H17FN2O4S. The molecule has 6 nitrogen and oxygen atoms in total. The lowest BCUT2D eigenvalue weighted by Gasteiger charge is -2.18. The smallest absolute Gasteiger partial charge is 0.254 e. The lowest BCUT2D eigenvalue weighted by Crippen LogP contribution is -2.31. The molecule has 0 bridgehead atoms. The van der Waals surface area contributed by atoms with Crippen LogP contribution in [0, 0.1) is 12.7 Å². The number of nitrogens with two attached hydrogens (primary N) is 1. The second-order valence-corrected chi connectivity index (χ2v) is 5.87. The second-order valence-electron chi connectivity index (χ2n) is 4.34. The molecule has 1 aromatic carbocycles. The number of benzene rings is 1. The number of amides is 1. The van der Waals surface area contributed by atoms with E-state index in [-0.39, 0.29) is 16.0 Å². The predicted molar refractivity (Wildman–Crippen MR) is 71.3 cm³/mol. The van der Waals surface area contributed by atoms with Gasteiger partial charge in [0, 0.05) is 26.3 Å². The van der Waals surface area contributed by atoms with Gasteiger partial charge in [0.25, 0.3) is 5.91 Å². The van der Waals surface area contributed by atoms with Gasteiger partial charge in [0.05, 0.1) is 11.5 Å². The van der Waals surface area contributed by atoms with E-state index in [0.29, 0.717) is 13.2 Å². The predicted octanol–water partition coefficient (Wildman–Crippen LogP) is 0.500. The van der Waals surface area contributed by atoms with Crippen molar-refractivity contribution in [3.8, 4) is 0 Å². The Morgan fingerprint density at radius 2 is 2.05 bits per heavy atom. The zero-order valence-corrected chi connectivity index (χ0v) is 12.3. The number of hydrogen-bond donors (Lipinski definition) is 1. The molecule has 0 aliphatic rings. The van der Waals surface area contributed by atoms with Crippen molar-refractivity contribution >= 4 is 15.9 Å². The highest BCUT2D eigenvalue weighted by atomic mass is 32.2. The molecule has 0 spiro atoms. The molecular weight excluding hydrogens is 287 g/mol. The lowest BCUT2D eigenvalue weighted by atomic mass is 10.1.